The van der Waals surface area contributed by atoms with E-state index in [0.29, 0.717) is 0 Å². The Labute approximate surface area is 145 Å². The average molecular weight is 324 g/mol. The quantitative estimate of drug-likeness (QED) is 0.706. The lowest BCUT2D eigenvalue weighted by Gasteiger charge is -2.24. The van der Waals surface area contributed by atoms with Gasteiger partial charge in [-0.15, -0.1) is 0 Å². The van der Waals surface area contributed by atoms with Crippen LogP contribution in [-0.2, 0) is 10.8 Å². The summed E-state index contributed by atoms with van der Waals surface area (Å²) in [6, 6.07) is 15.6. The van der Waals surface area contributed by atoms with Gasteiger partial charge < -0.3 is 10.6 Å². The van der Waals surface area contributed by atoms with E-state index in [1.54, 1.807) is 0 Å². The van der Waals surface area contributed by atoms with Crippen molar-refractivity contribution in [1.29, 1.82) is 0 Å². The van der Waals surface area contributed by atoms with Gasteiger partial charge in [0.05, 0.1) is 0 Å². The molecule has 0 radical (unpaired) electrons. The molecule has 0 aliphatic heterocycles. The van der Waals surface area contributed by atoms with Crippen LogP contribution in [0.4, 0.5) is 16.2 Å². The van der Waals surface area contributed by atoms with Crippen molar-refractivity contribution in [3.05, 3.63) is 59.7 Å². The van der Waals surface area contributed by atoms with E-state index in [1.165, 1.54) is 0 Å². The number of carbonyl (C=O) groups is 1. The molecule has 0 spiro atoms. The third-order valence-electron chi connectivity index (χ3n) is 3.97. The zero-order chi connectivity index (χ0) is 18.0. The molecule has 0 atom stereocenters. The molecule has 0 bridgehead atoms. The summed E-state index contributed by atoms with van der Waals surface area (Å²) in [7, 11) is 0. The third kappa shape index (κ3) is 4.38. The molecule has 0 saturated carbocycles. The number of amides is 2. The number of urea groups is 1. The predicted octanol–water partition coefficient (Wildman–Crippen LogP) is 5.93. The zero-order valence-corrected chi connectivity index (χ0v) is 15.5. The van der Waals surface area contributed by atoms with Crippen LogP contribution < -0.4 is 10.6 Å². The number of para-hydroxylation sites is 2. The summed E-state index contributed by atoms with van der Waals surface area (Å²) in [6.45, 7) is 12.8. The molecule has 0 fully saturated rings. The Bertz CT molecular complexity index is 660. The lowest BCUT2D eigenvalue weighted by atomic mass is 9.85. The highest BCUT2D eigenvalue weighted by Gasteiger charge is 2.20. The van der Waals surface area contributed by atoms with Crippen LogP contribution in [0.5, 0.6) is 0 Å². The van der Waals surface area contributed by atoms with Gasteiger partial charge in [0, 0.05) is 11.4 Å². The highest BCUT2D eigenvalue weighted by atomic mass is 16.2. The molecular formula is C21H28N2O. The summed E-state index contributed by atoms with van der Waals surface area (Å²) >= 11 is 0. The van der Waals surface area contributed by atoms with Gasteiger partial charge in [-0.25, -0.2) is 4.79 Å². The molecule has 0 heterocycles. The molecule has 2 N–H and O–H groups in total. The van der Waals surface area contributed by atoms with Gasteiger partial charge in [0.1, 0.15) is 0 Å². The molecule has 3 nitrogen and oxygen atoms in total. The molecule has 0 unspecified atom stereocenters. The number of anilines is 2. The molecule has 0 aliphatic rings. The van der Waals surface area contributed by atoms with Gasteiger partial charge in [-0.05, 0) is 34.1 Å². The highest BCUT2D eigenvalue weighted by Crippen LogP contribution is 2.31. The summed E-state index contributed by atoms with van der Waals surface area (Å²) in [5.74, 6) is 0. The molecular weight excluding hydrogens is 296 g/mol. The number of carbonyl (C=O) groups excluding carboxylic acids is 1. The van der Waals surface area contributed by atoms with Gasteiger partial charge in [0.2, 0.25) is 0 Å². The van der Waals surface area contributed by atoms with Crippen molar-refractivity contribution < 1.29 is 4.79 Å². The topological polar surface area (TPSA) is 41.1 Å². The van der Waals surface area contributed by atoms with E-state index < -0.39 is 0 Å². The Morgan fingerprint density at radius 1 is 0.667 bits per heavy atom. The monoisotopic (exact) mass is 324 g/mol. The summed E-state index contributed by atoms with van der Waals surface area (Å²) in [4.78, 5) is 12.5. The van der Waals surface area contributed by atoms with Crippen molar-refractivity contribution in [2.24, 2.45) is 0 Å². The van der Waals surface area contributed by atoms with Gasteiger partial charge in [0.25, 0.3) is 0 Å². The minimum atomic E-state index is -0.219. The standard InChI is InChI=1S/C21H28N2O/c1-20(2,3)15-11-7-9-13-17(15)22-19(24)23-18-14-10-8-12-16(18)21(4,5)6/h7-14H,1-6H3,(H2,22,23,24). The Morgan fingerprint density at radius 2 is 1.00 bits per heavy atom. The number of benzene rings is 2. The lowest BCUT2D eigenvalue weighted by molar-refractivity contribution is 0.262. The smallest absolute Gasteiger partial charge is 0.307 e. The van der Waals surface area contributed by atoms with Crippen LogP contribution in [0.15, 0.2) is 48.5 Å². The van der Waals surface area contributed by atoms with Crippen molar-refractivity contribution in [3.63, 3.8) is 0 Å². The van der Waals surface area contributed by atoms with Gasteiger partial charge >= 0.3 is 6.03 Å². The van der Waals surface area contributed by atoms with Crippen LogP contribution in [0.1, 0.15) is 52.7 Å². The van der Waals surface area contributed by atoms with E-state index in [0.717, 1.165) is 22.5 Å². The first-order chi connectivity index (χ1) is 11.1. The minimum Gasteiger partial charge on any atom is -0.307 e. The Kier molecular flexibility index (Phi) is 5.02. The maximum Gasteiger partial charge on any atom is 0.323 e. The van der Waals surface area contributed by atoms with Crippen molar-refractivity contribution in [2.75, 3.05) is 10.6 Å². The fraction of sp³-hybridized carbons (Fsp3) is 0.381. The number of nitrogens with one attached hydrogen (secondary N) is 2. The summed E-state index contributed by atoms with van der Waals surface area (Å²) < 4.78 is 0. The largest absolute Gasteiger partial charge is 0.323 e. The average Bonchev–Trinajstić information content (AvgIpc) is 2.46. The second-order valence-electron chi connectivity index (χ2n) is 8.17. The van der Waals surface area contributed by atoms with Gasteiger partial charge in [-0.3, -0.25) is 0 Å². The first kappa shape index (κ1) is 18.1. The molecule has 128 valence electrons. The molecule has 0 aliphatic carbocycles. The SMILES string of the molecule is CC(C)(C)c1ccccc1NC(=O)Nc1ccccc1C(C)(C)C. The second-order valence-corrected chi connectivity index (χ2v) is 8.17. The molecule has 24 heavy (non-hydrogen) atoms. The lowest BCUT2D eigenvalue weighted by Crippen LogP contribution is -2.24. The van der Waals surface area contributed by atoms with Crippen LogP contribution in [-0.4, -0.2) is 6.03 Å². The summed E-state index contributed by atoms with van der Waals surface area (Å²) in [5.41, 5.74) is 3.85. The third-order valence-corrected chi connectivity index (χ3v) is 3.97. The minimum absolute atomic E-state index is 0.0345. The second kappa shape index (κ2) is 6.68. The van der Waals surface area contributed by atoms with Crippen molar-refractivity contribution in [3.8, 4) is 0 Å². The van der Waals surface area contributed by atoms with Gasteiger partial charge in [-0.1, -0.05) is 77.9 Å². The fourth-order valence-electron chi connectivity index (χ4n) is 2.77. The van der Waals surface area contributed by atoms with Crippen LogP contribution in [0.25, 0.3) is 0 Å². The van der Waals surface area contributed by atoms with Gasteiger partial charge in [0.15, 0.2) is 0 Å². The molecule has 2 amide bonds. The summed E-state index contributed by atoms with van der Waals surface area (Å²) in [6.07, 6.45) is 0. The zero-order valence-electron chi connectivity index (χ0n) is 15.5. The fourth-order valence-corrected chi connectivity index (χ4v) is 2.77. The van der Waals surface area contributed by atoms with Crippen LogP contribution in [0, 0.1) is 0 Å². The van der Waals surface area contributed by atoms with Crippen molar-refractivity contribution in [2.45, 2.75) is 52.4 Å². The van der Waals surface area contributed by atoms with E-state index in [-0.39, 0.29) is 16.9 Å². The first-order valence-corrected chi connectivity index (χ1v) is 8.36. The van der Waals surface area contributed by atoms with E-state index in [1.807, 2.05) is 36.4 Å². The molecule has 2 aromatic rings. The number of hydrogen-bond acceptors (Lipinski definition) is 1. The van der Waals surface area contributed by atoms with Gasteiger partial charge in [-0.2, -0.15) is 0 Å². The Balaban J connectivity index is 2.22. The molecule has 0 aromatic heterocycles. The predicted molar refractivity (Wildman–Crippen MR) is 103 cm³/mol. The number of rotatable bonds is 2. The van der Waals surface area contributed by atoms with E-state index in [9.17, 15) is 4.79 Å². The van der Waals surface area contributed by atoms with Crippen LogP contribution >= 0.6 is 0 Å². The van der Waals surface area contributed by atoms with E-state index >= 15 is 0 Å². The van der Waals surface area contributed by atoms with Crippen LogP contribution in [0.3, 0.4) is 0 Å². The maximum absolute atomic E-state index is 12.5. The molecule has 2 aromatic carbocycles. The van der Waals surface area contributed by atoms with Crippen LogP contribution in [0.2, 0.25) is 0 Å². The maximum atomic E-state index is 12.5. The normalized spacial score (nSPS) is 11.9. The first-order valence-electron chi connectivity index (χ1n) is 8.36. The number of hydrogen-bond donors (Lipinski definition) is 2. The summed E-state index contributed by atoms with van der Waals surface area (Å²) in [5, 5.41) is 5.99. The van der Waals surface area contributed by atoms with E-state index in [2.05, 4.69) is 64.3 Å². The van der Waals surface area contributed by atoms with Crippen molar-refractivity contribution >= 4 is 17.4 Å². The van der Waals surface area contributed by atoms with Crippen molar-refractivity contribution in [1.82, 2.24) is 0 Å². The molecule has 3 heteroatoms. The Hall–Kier alpha value is -2.29. The Morgan fingerprint density at radius 3 is 1.33 bits per heavy atom. The molecule has 2 rings (SSSR count). The highest BCUT2D eigenvalue weighted by molar-refractivity contribution is 6.00. The van der Waals surface area contributed by atoms with E-state index in [4.69, 9.17) is 0 Å². The molecule has 0 saturated heterocycles.